The minimum atomic E-state index is -4.29. The predicted molar refractivity (Wildman–Crippen MR) is 64.4 cm³/mol. The Balaban J connectivity index is 2.26. The molecule has 2 rings (SSSR count). The molecule has 0 amide bonds. The van der Waals surface area contributed by atoms with Crippen molar-refractivity contribution in [2.75, 3.05) is 24.5 Å². The lowest BCUT2D eigenvalue weighted by atomic mass is 10.1. The number of hydrogen-bond donors (Lipinski definition) is 1. The van der Waals surface area contributed by atoms with Crippen molar-refractivity contribution < 1.29 is 13.2 Å². The van der Waals surface area contributed by atoms with Gasteiger partial charge in [0.25, 0.3) is 0 Å². The van der Waals surface area contributed by atoms with E-state index in [1.165, 1.54) is 12.1 Å². The third-order valence-electron chi connectivity index (χ3n) is 2.69. The fraction of sp³-hybridized carbons (Fsp3) is 0.455. The molecule has 1 aliphatic heterocycles. The molecule has 1 saturated heterocycles. The predicted octanol–water partition coefficient (Wildman–Crippen LogP) is 2.84. The van der Waals surface area contributed by atoms with Crippen LogP contribution in [0.15, 0.2) is 24.3 Å². The van der Waals surface area contributed by atoms with Gasteiger partial charge in [0, 0.05) is 25.3 Å². The Morgan fingerprint density at radius 1 is 1.35 bits per heavy atom. The molecule has 1 unspecified atom stereocenters. The molecule has 1 atom stereocenters. The van der Waals surface area contributed by atoms with Gasteiger partial charge in [-0.25, -0.2) is 0 Å². The Kier molecular flexibility index (Phi) is 3.63. The highest BCUT2D eigenvalue weighted by atomic mass is 79.9. The maximum Gasteiger partial charge on any atom is 0.416 e. The van der Waals surface area contributed by atoms with Crippen LogP contribution in [0.2, 0.25) is 0 Å². The van der Waals surface area contributed by atoms with Crippen molar-refractivity contribution in [3.63, 3.8) is 0 Å². The zero-order chi connectivity index (χ0) is 12.5. The molecule has 0 aliphatic carbocycles. The van der Waals surface area contributed by atoms with E-state index in [1.807, 2.05) is 4.90 Å². The molecular weight excluding hydrogens is 297 g/mol. The number of nitrogens with one attached hydrogen (secondary N) is 1. The third kappa shape index (κ3) is 2.93. The quantitative estimate of drug-likeness (QED) is 0.634. The first kappa shape index (κ1) is 12.7. The summed E-state index contributed by atoms with van der Waals surface area (Å²) in [5, 5.41) is 3.17. The first-order valence-corrected chi connectivity index (χ1v) is 6.19. The van der Waals surface area contributed by atoms with Gasteiger partial charge in [0.2, 0.25) is 0 Å². The summed E-state index contributed by atoms with van der Waals surface area (Å²) in [5.41, 5.74) is -0.00330. The summed E-state index contributed by atoms with van der Waals surface area (Å²) in [7, 11) is 0. The van der Waals surface area contributed by atoms with Crippen LogP contribution in [0.25, 0.3) is 0 Å². The second kappa shape index (κ2) is 4.86. The van der Waals surface area contributed by atoms with Gasteiger partial charge in [-0.1, -0.05) is 22.0 Å². The van der Waals surface area contributed by atoms with E-state index in [-0.39, 0.29) is 4.95 Å². The number of halogens is 4. The van der Waals surface area contributed by atoms with Gasteiger partial charge in [-0.05, 0) is 18.2 Å². The smallest absolute Gasteiger partial charge is 0.356 e. The van der Waals surface area contributed by atoms with E-state index >= 15 is 0 Å². The second-order valence-electron chi connectivity index (χ2n) is 3.88. The van der Waals surface area contributed by atoms with E-state index in [1.54, 1.807) is 6.07 Å². The van der Waals surface area contributed by atoms with Crippen LogP contribution in [-0.2, 0) is 6.18 Å². The zero-order valence-corrected chi connectivity index (χ0v) is 10.6. The number of rotatable bonds is 1. The fourth-order valence-electron chi connectivity index (χ4n) is 1.82. The van der Waals surface area contributed by atoms with E-state index in [2.05, 4.69) is 21.2 Å². The van der Waals surface area contributed by atoms with E-state index in [0.29, 0.717) is 12.2 Å². The lowest BCUT2D eigenvalue weighted by Crippen LogP contribution is -2.48. The highest BCUT2D eigenvalue weighted by Gasteiger charge is 2.31. The SMILES string of the molecule is FC(F)(F)c1cccc(N2CCNCC2Br)c1. The molecule has 0 aromatic heterocycles. The van der Waals surface area contributed by atoms with Gasteiger partial charge in [0.1, 0.15) is 0 Å². The van der Waals surface area contributed by atoms with Crippen molar-refractivity contribution in [3.05, 3.63) is 29.8 Å². The van der Waals surface area contributed by atoms with Crippen LogP contribution in [-0.4, -0.2) is 24.6 Å². The molecule has 1 aliphatic rings. The van der Waals surface area contributed by atoms with Gasteiger partial charge in [0.15, 0.2) is 0 Å². The van der Waals surface area contributed by atoms with Gasteiger partial charge in [-0.15, -0.1) is 0 Å². The van der Waals surface area contributed by atoms with Crippen LogP contribution < -0.4 is 10.2 Å². The summed E-state index contributed by atoms with van der Waals surface area (Å²) in [6.07, 6.45) is -4.29. The highest BCUT2D eigenvalue weighted by Crippen LogP contribution is 2.32. The molecule has 1 heterocycles. The Morgan fingerprint density at radius 2 is 2.12 bits per heavy atom. The number of benzene rings is 1. The molecule has 0 bridgehead atoms. The van der Waals surface area contributed by atoms with Crippen LogP contribution in [0.4, 0.5) is 18.9 Å². The molecule has 0 saturated carbocycles. The summed E-state index contributed by atoms with van der Waals surface area (Å²) >= 11 is 3.45. The van der Waals surface area contributed by atoms with Crippen LogP contribution in [0.1, 0.15) is 5.56 Å². The number of hydrogen-bond acceptors (Lipinski definition) is 2. The van der Waals surface area contributed by atoms with Crippen molar-refractivity contribution in [1.29, 1.82) is 0 Å². The van der Waals surface area contributed by atoms with Crippen LogP contribution in [0, 0.1) is 0 Å². The summed E-state index contributed by atoms with van der Waals surface area (Å²) in [6.45, 7) is 2.19. The molecule has 0 spiro atoms. The average Bonchev–Trinajstić information content (AvgIpc) is 2.29. The van der Waals surface area contributed by atoms with E-state index in [4.69, 9.17) is 0 Å². The molecule has 1 fully saturated rings. The van der Waals surface area contributed by atoms with Gasteiger partial charge in [0.05, 0.1) is 10.5 Å². The maximum absolute atomic E-state index is 12.6. The fourth-order valence-corrected chi connectivity index (χ4v) is 2.49. The number of alkyl halides is 4. The average molecular weight is 309 g/mol. The lowest BCUT2D eigenvalue weighted by Gasteiger charge is -2.34. The van der Waals surface area contributed by atoms with E-state index < -0.39 is 11.7 Å². The topological polar surface area (TPSA) is 15.3 Å². The Bertz CT molecular complexity index is 395. The number of nitrogens with zero attached hydrogens (tertiary/aromatic N) is 1. The lowest BCUT2D eigenvalue weighted by molar-refractivity contribution is -0.137. The molecule has 1 aromatic carbocycles. The first-order valence-electron chi connectivity index (χ1n) is 5.27. The highest BCUT2D eigenvalue weighted by molar-refractivity contribution is 9.09. The molecule has 6 heteroatoms. The summed E-state index contributed by atoms with van der Waals surface area (Å²) in [6, 6.07) is 5.43. The van der Waals surface area contributed by atoms with Gasteiger partial charge in [-0.3, -0.25) is 0 Å². The Morgan fingerprint density at radius 3 is 2.76 bits per heavy atom. The van der Waals surface area contributed by atoms with Gasteiger partial charge in [-0.2, -0.15) is 13.2 Å². The zero-order valence-electron chi connectivity index (χ0n) is 8.97. The number of piperazine rings is 1. The van der Waals surface area contributed by atoms with Crippen molar-refractivity contribution in [3.8, 4) is 0 Å². The number of anilines is 1. The van der Waals surface area contributed by atoms with Crippen LogP contribution in [0.3, 0.4) is 0 Å². The molecule has 1 aromatic rings. The standard InChI is InChI=1S/C11H12BrF3N2/c12-10-7-16-4-5-17(10)9-3-1-2-8(6-9)11(13,14)15/h1-3,6,10,16H,4-5,7H2. The maximum atomic E-state index is 12.6. The summed E-state index contributed by atoms with van der Waals surface area (Å²) in [4.78, 5) is 1.95. The largest absolute Gasteiger partial charge is 0.416 e. The minimum Gasteiger partial charge on any atom is -0.356 e. The van der Waals surface area contributed by atoms with E-state index in [9.17, 15) is 13.2 Å². The second-order valence-corrected chi connectivity index (χ2v) is 4.94. The normalized spacial score (nSPS) is 21.6. The van der Waals surface area contributed by atoms with Crippen molar-refractivity contribution in [2.45, 2.75) is 11.1 Å². The van der Waals surface area contributed by atoms with Crippen LogP contribution >= 0.6 is 15.9 Å². The van der Waals surface area contributed by atoms with Crippen molar-refractivity contribution >= 4 is 21.6 Å². The van der Waals surface area contributed by atoms with Gasteiger partial charge >= 0.3 is 6.18 Å². The molecule has 2 nitrogen and oxygen atoms in total. The van der Waals surface area contributed by atoms with Gasteiger partial charge < -0.3 is 10.2 Å². The summed E-state index contributed by atoms with van der Waals surface area (Å²) < 4.78 is 37.8. The molecular formula is C11H12BrF3N2. The molecule has 1 N–H and O–H groups in total. The monoisotopic (exact) mass is 308 g/mol. The Hall–Kier alpha value is -0.750. The van der Waals surface area contributed by atoms with Crippen molar-refractivity contribution in [1.82, 2.24) is 5.32 Å². The third-order valence-corrected chi connectivity index (χ3v) is 3.50. The van der Waals surface area contributed by atoms with Crippen molar-refractivity contribution in [2.24, 2.45) is 0 Å². The minimum absolute atomic E-state index is 0.0275. The molecule has 0 radical (unpaired) electrons. The summed E-state index contributed by atoms with van der Waals surface area (Å²) in [5.74, 6) is 0. The Labute approximate surface area is 106 Å². The van der Waals surface area contributed by atoms with E-state index in [0.717, 1.165) is 19.2 Å². The van der Waals surface area contributed by atoms with Crippen LogP contribution in [0.5, 0.6) is 0 Å². The molecule has 94 valence electrons. The first-order chi connectivity index (χ1) is 7.98. The molecule has 17 heavy (non-hydrogen) atoms.